The number of carbonyl (C=O) groups excluding carboxylic acids is 5. The van der Waals surface area contributed by atoms with Gasteiger partial charge in [-0.2, -0.15) is 0 Å². The quantitative estimate of drug-likeness (QED) is 0.0235. The van der Waals surface area contributed by atoms with E-state index in [4.69, 9.17) is 61.6 Å². The second-order valence-electron chi connectivity index (χ2n) is 25.3. The van der Waals surface area contributed by atoms with E-state index in [1.165, 1.54) is 39.0 Å². The molecule has 6 fully saturated rings. The van der Waals surface area contributed by atoms with Crippen LogP contribution in [0, 0.1) is 0 Å². The van der Waals surface area contributed by atoms with Crippen LogP contribution in [0.2, 0.25) is 0 Å². The van der Waals surface area contributed by atoms with Gasteiger partial charge in [-0.15, -0.1) is 0 Å². The van der Waals surface area contributed by atoms with Crippen LogP contribution in [0.25, 0.3) is 0 Å². The largest absolute Gasteiger partial charge is 0.494 e. The molecule has 5 amide bonds. The molecule has 6 saturated heterocycles. The lowest BCUT2D eigenvalue weighted by Crippen LogP contribution is -2.72. The molecule has 7 rings (SSSR count). The first-order chi connectivity index (χ1) is 47.2. The number of allylic oxidation sites excluding steroid dienone is 2. The van der Waals surface area contributed by atoms with Crippen molar-refractivity contribution in [2.24, 2.45) is 0 Å². The van der Waals surface area contributed by atoms with Crippen molar-refractivity contribution in [2.75, 3.05) is 46.8 Å². The van der Waals surface area contributed by atoms with E-state index < -0.39 is 246 Å². The Kier molecular flexibility index (Phi) is 31.7. The molecule has 1 aromatic carbocycles. The highest BCUT2D eigenvalue weighted by Crippen LogP contribution is 2.37. The van der Waals surface area contributed by atoms with Crippen LogP contribution in [-0.2, 0) is 76.0 Å². The molecule has 0 spiro atoms. The lowest BCUT2D eigenvalue weighted by molar-refractivity contribution is -0.368. The minimum absolute atomic E-state index is 0.0482. The van der Waals surface area contributed by atoms with Gasteiger partial charge in [0.25, 0.3) is 5.91 Å². The summed E-state index contributed by atoms with van der Waals surface area (Å²) in [6.45, 7) is 3.52. The number of benzene rings is 1. The van der Waals surface area contributed by atoms with Crippen LogP contribution in [0.5, 0.6) is 5.75 Å². The Hall–Kier alpha value is -4.89. The minimum atomic E-state index is -2.07. The number of ether oxygens (including phenoxy) is 13. The smallest absolute Gasteiger partial charge is 0.251 e. The Morgan fingerprint density at radius 3 is 1.35 bits per heavy atom. The molecule has 99 heavy (non-hydrogen) atoms. The number of hydrogen-bond acceptors (Lipinski definition) is 31. The number of hydrogen-bond donors (Lipinski definition) is 18. The van der Waals surface area contributed by atoms with Crippen molar-refractivity contribution in [2.45, 2.75) is 270 Å². The lowest BCUT2D eigenvalue weighted by atomic mass is 9.93. The molecule has 0 saturated carbocycles. The van der Waals surface area contributed by atoms with Gasteiger partial charge in [0, 0.05) is 40.4 Å². The van der Waals surface area contributed by atoms with Gasteiger partial charge >= 0.3 is 0 Å². The molecule has 6 heterocycles. The summed E-state index contributed by atoms with van der Waals surface area (Å²) in [4.78, 5) is 65.1. The first-order valence-corrected chi connectivity index (χ1v) is 33.2. The molecule has 36 nitrogen and oxygen atoms in total. The fourth-order valence-corrected chi connectivity index (χ4v) is 12.7. The van der Waals surface area contributed by atoms with Crippen LogP contribution in [-0.4, -0.2) is 327 Å². The van der Waals surface area contributed by atoms with Gasteiger partial charge in [-0.1, -0.05) is 44.4 Å². The molecule has 564 valence electrons. The van der Waals surface area contributed by atoms with E-state index in [1.54, 1.807) is 12.1 Å². The normalized spacial score (nSPS) is 39.6. The fourth-order valence-electron chi connectivity index (χ4n) is 12.7. The van der Waals surface area contributed by atoms with E-state index in [2.05, 4.69) is 45.7 Å². The zero-order valence-corrected chi connectivity index (χ0v) is 56.1. The number of rotatable bonds is 32. The van der Waals surface area contributed by atoms with Gasteiger partial charge in [-0.05, 0) is 50.8 Å². The molecule has 0 aromatic heterocycles. The number of carbonyl (C=O) groups is 5. The van der Waals surface area contributed by atoms with E-state index in [9.17, 15) is 90.4 Å². The van der Waals surface area contributed by atoms with Gasteiger partial charge in [0.1, 0.15) is 146 Å². The monoisotopic (exact) mass is 1420 g/mol. The zero-order chi connectivity index (χ0) is 72.5. The van der Waals surface area contributed by atoms with Crippen LogP contribution in [0.4, 0.5) is 0 Å². The number of unbranched alkanes of at least 4 members (excludes halogenated alkanes) is 5. The standard InChI is InChI=1S/C63H101N5O31/c1-8-9-10-11-12-13-14-15-16-20-88-33-19-17-18-32(21-33)57(85)68-40-46(79)45(78)34(22-69)92-59(40)96-52-35(23-70)93-60(41(48(52)81)65-29(4)74)97-53-36(24-71)94-61(42(49(53)82)66-30(5)75)98-54-37(25-72)95-62(43(50(54)83)67-31(6)76)99-55-38(91-58(86)39(47(55)80)64-28(3)73)26-89-63-56(87-7)51(84)44(77)27(2)90-63/h13-14,17-19,21,27,34-56,58-63,69-72,77-84,86H,8-12,15-16,20,22-26H2,1-7H3,(H,64,73)(H,65,74)(H,66,75)(H,67,76)(H,68,85)/b14-13-/t27?,34?,35?,36?,37?,38?,39-,40-,41?,42-,43?,44+,45+,46+,47+,48?,49+,50?,51+,52+,53?,54+,55?,56+,58+,59?,60-,61-,62?,63?/m0/s1. The number of amides is 5. The van der Waals surface area contributed by atoms with Crippen LogP contribution in [0.1, 0.15) is 96.8 Å². The van der Waals surface area contributed by atoms with Crippen molar-refractivity contribution in [3.05, 3.63) is 42.0 Å². The fraction of sp³-hybridized carbons (Fsp3) is 0.794. The third kappa shape index (κ3) is 20.9. The highest BCUT2D eigenvalue weighted by atomic mass is 16.8. The summed E-state index contributed by atoms with van der Waals surface area (Å²) < 4.78 is 77.9. The molecule has 18 N–H and O–H groups in total. The zero-order valence-electron chi connectivity index (χ0n) is 56.1. The topological polar surface area (TPSA) is 528 Å². The molecule has 6 aliphatic rings. The number of nitrogens with one attached hydrogen (secondary N) is 5. The predicted octanol–water partition coefficient (Wildman–Crippen LogP) is -6.72. The van der Waals surface area contributed by atoms with E-state index in [1.807, 2.05) is 0 Å². The van der Waals surface area contributed by atoms with E-state index in [0.717, 1.165) is 53.4 Å². The van der Waals surface area contributed by atoms with Crippen LogP contribution < -0.4 is 31.3 Å². The van der Waals surface area contributed by atoms with Crippen molar-refractivity contribution in [1.29, 1.82) is 0 Å². The van der Waals surface area contributed by atoms with E-state index in [-0.39, 0.29) is 5.56 Å². The summed E-state index contributed by atoms with van der Waals surface area (Å²) >= 11 is 0. The van der Waals surface area contributed by atoms with Gasteiger partial charge in [0.05, 0.1) is 45.7 Å². The highest BCUT2D eigenvalue weighted by molar-refractivity contribution is 5.94. The summed E-state index contributed by atoms with van der Waals surface area (Å²) in [7, 11) is 1.21. The van der Waals surface area contributed by atoms with E-state index >= 15 is 0 Å². The molecular formula is C63H101N5O31. The Labute approximate surface area is 571 Å². The second kappa shape index (κ2) is 38.6. The predicted molar refractivity (Wildman–Crippen MR) is 333 cm³/mol. The summed E-state index contributed by atoms with van der Waals surface area (Å²) in [6, 6.07) is -2.45. The molecule has 0 radical (unpaired) electrons. The number of aliphatic hydroxyl groups excluding tert-OH is 13. The molecule has 0 aliphatic carbocycles. The molecule has 15 unspecified atom stereocenters. The van der Waals surface area contributed by atoms with Gasteiger partial charge < -0.3 is 155 Å². The molecular weight excluding hydrogens is 1320 g/mol. The summed E-state index contributed by atoms with van der Waals surface area (Å²) in [5, 5.41) is 158. The first kappa shape index (κ1) is 81.4. The van der Waals surface area contributed by atoms with Crippen molar-refractivity contribution in [3.63, 3.8) is 0 Å². The molecule has 1 aromatic rings. The van der Waals surface area contributed by atoms with Gasteiger partial charge in [-0.25, -0.2) is 0 Å². The van der Waals surface area contributed by atoms with Crippen LogP contribution >= 0.6 is 0 Å². The Balaban J connectivity index is 1.07. The maximum absolute atomic E-state index is 14.0. The average molecular weight is 1420 g/mol. The van der Waals surface area contributed by atoms with Gasteiger partial charge in [0.2, 0.25) is 23.6 Å². The first-order valence-electron chi connectivity index (χ1n) is 33.2. The van der Waals surface area contributed by atoms with Crippen LogP contribution in [0.3, 0.4) is 0 Å². The Morgan fingerprint density at radius 2 is 0.899 bits per heavy atom. The van der Waals surface area contributed by atoms with Crippen molar-refractivity contribution in [3.8, 4) is 5.75 Å². The summed E-state index contributed by atoms with van der Waals surface area (Å²) in [6.07, 6.45) is -32.0. The lowest BCUT2D eigenvalue weighted by Gasteiger charge is -2.51. The maximum Gasteiger partial charge on any atom is 0.251 e. The van der Waals surface area contributed by atoms with Gasteiger partial charge in [0.15, 0.2) is 37.7 Å². The summed E-state index contributed by atoms with van der Waals surface area (Å²) in [5.74, 6) is -3.67. The van der Waals surface area contributed by atoms with E-state index in [0.29, 0.717) is 18.8 Å². The average Bonchev–Trinajstić information content (AvgIpc) is 0.791. The number of methoxy groups -OCH3 is 1. The molecule has 36 heteroatoms. The van der Waals surface area contributed by atoms with Crippen molar-refractivity contribution in [1.82, 2.24) is 26.6 Å². The highest BCUT2D eigenvalue weighted by Gasteiger charge is 2.58. The Bertz CT molecular complexity index is 2730. The molecule has 6 aliphatic heterocycles. The molecule has 30 atom stereocenters. The van der Waals surface area contributed by atoms with Crippen molar-refractivity contribution < 1.29 is 152 Å². The van der Waals surface area contributed by atoms with Crippen LogP contribution in [0.15, 0.2) is 36.4 Å². The SMILES string of the molecule is CCCCCC/C=C\CCCOc1cccc(C(=O)N[C@@H]2C(O[C@@H]3C(CO)O[C@@H](OC4C(CO)O[C@@H](O[C@@H]5C(CO)OC(OC6C(COC7OC(C)[C@@H](O)[C@@H](O)[C@H]7OC)O[C@@H](O)[C@@H](NC(C)=O)[C@H]6O)C(NC(C)=O)C5O)[C@@H](NC(C)=O)[C@H]4O)C(NC(C)=O)C3O)OC(CO)[C@@H](O)[C@@H]2O)c1. The maximum atomic E-state index is 14.0. The van der Waals surface area contributed by atoms with Gasteiger partial charge in [-0.3, -0.25) is 24.0 Å². The third-order valence-electron chi connectivity index (χ3n) is 17.8. The van der Waals surface area contributed by atoms with Crippen molar-refractivity contribution >= 4 is 29.5 Å². The Morgan fingerprint density at radius 1 is 0.465 bits per heavy atom. The molecule has 0 bridgehead atoms. The third-order valence-corrected chi connectivity index (χ3v) is 17.8. The number of aliphatic hydroxyl groups is 13. The minimum Gasteiger partial charge on any atom is -0.494 e. The second-order valence-corrected chi connectivity index (χ2v) is 25.3. The summed E-state index contributed by atoms with van der Waals surface area (Å²) in [5.41, 5.74) is 0.0482.